The van der Waals surface area contributed by atoms with Gasteiger partial charge in [0.2, 0.25) is 0 Å². The van der Waals surface area contributed by atoms with Crippen LogP contribution < -0.4 is 0 Å². The molecule has 0 fully saturated rings. The Hall–Kier alpha value is -1.55. The van der Waals surface area contributed by atoms with Gasteiger partial charge in [0.25, 0.3) is 0 Å². The Kier molecular flexibility index (Phi) is 2.87. The smallest absolute Gasteiger partial charge is 0.0944 e. The minimum absolute atomic E-state index is 0.741. The van der Waals surface area contributed by atoms with Gasteiger partial charge in [0, 0.05) is 5.57 Å². The quantitative estimate of drug-likeness (QED) is 0.595. The normalized spacial score (nSPS) is 11.1. The van der Waals surface area contributed by atoms with Crippen molar-refractivity contribution >= 4 is 6.08 Å². The lowest BCUT2D eigenvalue weighted by atomic mass is 10.1. The van der Waals surface area contributed by atoms with Crippen LogP contribution in [0.4, 0.5) is 0 Å². The molecule has 0 aliphatic carbocycles. The highest BCUT2D eigenvalue weighted by Gasteiger charge is 1.93. The SMILES string of the molecule is C/C(C#N)=C/c1cc(C)cc(C)c1. The van der Waals surface area contributed by atoms with E-state index in [0.717, 1.165) is 11.1 Å². The van der Waals surface area contributed by atoms with Gasteiger partial charge in [0.1, 0.15) is 0 Å². The predicted molar refractivity (Wildman–Crippen MR) is 55.2 cm³/mol. The molecule has 1 aromatic rings. The van der Waals surface area contributed by atoms with E-state index >= 15 is 0 Å². The van der Waals surface area contributed by atoms with Gasteiger partial charge >= 0.3 is 0 Å². The van der Waals surface area contributed by atoms with E-state index in [-0.39, 0.29) is 0 Å². The second-order valence-corrected chi connectivity index (χ2v) is 3.36. The first-order valence-corrected chi connectivity index (χ1v) is 4.28. The zero-order chi connectivity index (χ0) is 9.84. The van der Waals surface area contributed by atoms with E-state index in [1.165, 1.54) is 11.1 Å². The van der Waals surface area contributed by atoms with Crippen LogP contribution in [-0.2, 0) is 0 Å². The Bertz CT molecular complexity index is 360. The molecule has 1 aromatic carbocycles. The van der Waals surface area contributed by atoms with E-state index in [2.05, 4.69) is 38.1 Å². The molecule has 0 amide bonds. The van der Waals surface area contributed by atoms with Gasteiger partial charge in [0.05, 0.1) is 6.07 Å². The van der Waals surface area contributed by atoms with Gasteiger partial charge in [-0.3, -0.25) is 0 Å². The Morgan fingerprint density at radius 1 is 1.23 bits per heavy atom. The van der Waals surface area contributed by atoms with E-state index in [4.69, 9.17) is 5.26 Å². The summed E-state index contributed by atoms with van der Waals surface area (Å²) in [6, 6.07) is 8.39. The lowest BCUT2D eigenvalue weighted by molar-refractivity contribution is 1.37. The van der Waals surface area contributed by atoms with E-state index in [1.54, 1.807) is 0 Å². The van der Waals surface area contributed by atoms with Crippen LogP contribution in [0.2, 0.25) is 0 Å². The maximum Gasteiger partial charge on any atom is 0.0944 e. The van der Waals surface area contributed by atoms with Crippen molar-refractivity contribution in [3.8, 4) is 6.07 Å². The third-order valence-electron chi connectivity index (χ3n) is 1.80. The molecular formula is C12H13N. The Morgan fingerprint density at radius 2 is 1.77 bits per heavy atom. The molecule has 0 saturated carbocycles. The monoisotopic (exact) mass is 171 g/mol. The summed E-state index contributed by atoms with van der Waals surface area (Å²) in [7, 11) is 0. The van der Waals surface area contributed by atoms with Crippen molar-refractivity contribution in [2.45, 2.75) is 20.8 Å². The molecule has 1 heteroatoms. The zero-order valence-electron chi connectivity index (χ0n) is 8.26. The molecule has 0 spiro atoms. The van der Waals surface area contributed by atoms with Crippen LogP contribution in [0, 0.1) is 25.2 Å². The maximum atomic E-state index is 8.62. The largest absolute Gasteiger partial charge is 0.193 e. The molecule has 0 N–H and O–H groups in total. The summed E-state index contributed by atoms with van der Waals surface area (Å²) in [6.07, 6.45) is 1.90. The van der Waals surface area contributed by atoms with Crippen molar-refractivity contribution in [1.29, 1.82) is 5.26 Å². The van der Waals surface area contributed by atoms with Crippen LogP contribution in [-0.4, -0.2) is 0 Å². The van der Waals surface area contributed by atoms with E-state index in [9.17, 15) is 0 Å². The highest BCUT2D eigenvalue weighted by molar-refractivity contribution is 5.57. The molecule has 0 atom stereocenters. The number of nitrogens with zero attached hydrogens (tertiary/aromatic N) is 1. The maximum absolute atomic E-state index is 8.62. The average molecular weight is 171 g/mol. The average Bonchev–Trinajstić information content (AvgIpc) is 2.02. The molecule has 0 heterocycles. The van der Waals surface area contributed by atoms with E-state index < -0.39 is 0 Å². The molecule has 66 valence electrons. The number of benzene rings is 1. The van der Waals surface area contributed by atoms with Crippen LogP contribution in [0.25, 0.3) is 6.08 Å². The van der Waals surface area contributed by atoms with Gasteiger partial charge in [-0.2, -0.15) is 5.26 Å². The highest BCUT2D eigenvalue weighted by Crippen LogP contribution is 2.11. The summed E-state index contributed by atoms with van der Waals surface area (Å²) in [4.78, 5) is 0. The molecular weight excluding hydrogens is 158 g/mol. The summed E-state index contributed by atoms with van der Waals surface area (Å²) in [5.41, 5.74) is 4.32. The summed E-state index contributed by atoms with van der Waals surface area (Å²) in [6.45, 7) is 5.94. The van der Waals surface area contributed by atoms with Crippen molar-refractivity contribution in [2.75, 3.05) is 0 Å². The molecule has 0 aliphatic rings. The first-order valence-electron chi connectivity index (χ1n) is 4.28. The van der Waals surface area contributed by atoms with Crippen LogP contribution >= 0.6 is 0 Å². The zero-order valence-corrected chi connectivity index (χ0v) is 8.26. The Morgan fingerprint density at radius 3 is 2.23 bits per heavy atom. The van der Waals surface area contributed by atoms with E-state index in [1.807, 2.05) is 13.0 Å². The fraction of sp³-hybridized carbons (Fsp3) is 0.250. The highest BCUT2D eigenvalue weighted by atomic mass is 14.2. The van der Waals surface area contributed by atoms with Crippen molar-refractivity contribution in [1.82, 2.24) is 0 Å². The number of rotatable bonds is 1. The molecule has 0 radical (unpaired) electrons. The van der Waals surface area contributed by atoms with Gasteiger partial charge in [-0.05, 0) is 32.4 Å². The second-order valence-electron chi connectivity index (χ2n) is 3.36. The van der Waals surface area contributed by atoms with Gasteiger partial charge in [-0.1, -0.05) is 29.3 Å². The topological polar surface area (TPSA) is 23.8 Å². The Balaban J connectivity index is 3.11. The summed E-state index contributed by atoms with van der Waals surface area (Å²) >= 11 is 0. The molecule has 0 saturated heterocycles. The van der Waals surface area contributed by atoms with Crippen LogP contribution in [0.5, 0.6) is 0 Å². The molecule has 0 aromatic heterocycles. The molecule has 0 unspecified atom stereocenters. The van der Waals surface area contributed by atoms with Gasteiger partial charge in [-0.15, -0.1) is 0 Å². The van der Waals surface area contributed by atoms with Crippen molar-refractivity contribution in [3.63, 3.8) is 0 Å². The lowest BCUT2D eigenvalue weighted by Crippen LogP contribution is -1.80. The fourth-order valence-corrected chi connectivity index (χ4v) is 1.38. The third-order valence-corrected chi connectivity index (χ3v) is 1.80. The standard InChI is InChI=1S/C12H13N/c1-9-4-10(2)6-12(5-9)7-11(3)8-13/h4-7H,1-3H3/b11-7-. The first kappa shape index (κ1) is 9.54. The number of hydrogen-bond donors (Lipinski definition) is 0. The molecule has 1 nitrogen and oxygen atoms in total. The molecule has 0 aliphatic heterocycles. The van der Waals surface area contributed by atoms with Gasteiger partial charge in [-0.25, -0.2) is 0 Å². The van der Waals surface area contributed by atoms with Crippen LogP contribution in [0.3, 0.4) is 0 Å². The summed E-state index contributed by atoms with van der Waals surface area (Å²) in [5.74, 6) is 0. The summed E-state index contributed by atoms with van der Waals surface area (Å²) in [5, 5.41) is 8.62. The van der Waals surface area contributed by atoms with Crippen molar-refractivity contribution in [3.05, 3.63) is 40.5 Å². The van der Waals surface area contributed by atoms with Crippen molar-refractivity contribution < 1.29 is 0 Å². The lowest BCUT2D eigenvalue weighted by Gasteiger charge is -1.99. The van der Waals surface area contributed by atoms with Crippen LogP contribution in [0.1, 0.15) is 23.6 Å². The number of allylic oxidation sites excluding steroid dienone is 1. The Labute approximate surface area is 79.3 Å². The molecule has 0 bridgehead atoms. The minimum atomic E-state index is 0.741. The number of aryl methyl sites for hydroxylation is 2. The second kappa shape index (κ2) is 3.91. The summed E-state index contributed by atoms with van der Waals surface area (Å²) < 4.78 is 0. The van der Waals surface area contributed by atoms with Gasteiger partial charge < -0.3 is 0 Å². The minimum Gasteiger partial charge on any atom is -0.193 e. The van der Waals surface area contributed by atoms with Crippen LogP contribution in [0.15, 0.2) is 23.8 Å². The molecule has 13 heavy (non-hydrogen) atoms. The van der Waals surface area contributed by atoms with Gasteiger partial charge in [0.15, 0.2) is 0 Å². The first-order chi connectivity index (χ1) is 6.11. The fourth-order valence-electron chi connectivity index (χ4n) is 1.38. The van der Waals surface area contributed by atoms with E-state index in [0.29, 0.717) is 0 Å². The number of nitriles is 1. The third kappa shape index (κ3) is 2.76. The predicted octanol–water partition coefficient (Wildman–Crippen LogP) is 3.23. The van der Waals surface area contributed by atoms with Crippen molar-refractivity contribution in [2.24, 2.45) is 0 Å². The number of hydrogen-bond acceptors (Lipinski definition) is 1. The molecule has 1 rings (SSSR count).